The third-order valence-electron chi connectivity index (χ3n) is 3.19. The number of amides is 1. The molecule has 0 saturated carbocycles. The van der Waals surface area contributed by atoms with Crippen LogP contribution >= 0.6 is 0 Å². The first kappa shape index (κ1) is 15.0. The van der Waals surface area contributed by atoms with Crippen LogP contribution in [0.5, 0.6) is 0 Å². The van der Waals surface area contributed by atoms with Gasteiger partial charge in [-0.05, 0) is 32.2 Å². The van der Waals surface area contributed by atoms with Crippen LogP contribution in [0.4, 0.5) is 0 Å². The van der Waals surface area contributed by atoms with E-state index in [0.29, 0.717) is 25.3 Å². The molecule has 1 heterocycles. The summed E-state index contributed by atoms with van der Waals surface area (Å²) in [7, 11) is -2.20. The van der Waals surface area contributed by atoms with E-state index in [0.717, 1.165) is 0 Å². The number of nitrogens with zero attached hydrogens (tertiary/aromatic N) is 1. The normalized spacial score (nSPS) is 19.9. The third kappa shape index (κ3) is 3.17. The maximum Gasteiger partial charge on any atom is 0.254 e. The van der Waals surface area contributed by atoms with Crippen molar-refractivity contribution in [3.8, 4) is 0 Å². The highest BCUT2D eigenvalue weighted by Gasteiger charge is 2.23. The molecule has 1 aromatic rings. The minimum absolute atomic E-state index is 0.00285. The molecule has 1 aliphatic heterocycles. The Bertz CT molecular complexity index is 600. The van der Waals surface area contributed by atoms with Gasteiger partial charge in [0.15, 0.2) is 0 Å². The molecule has 1 fully saturated rings. The van der Waals surface area contributed by atoms with Crippen LogP contribution in [-0.4, -0.2) is 52.1 Å². The Labute approximate surface area is 118 Å². The molecule has 0 aromatic heterocycles. The molecule has 1 N–H and O–H groups in total. The second-order valence-corrected chi connectivity index (χ2v) is 6.55. The molecule has 2 rings (SSSR count). The van der Waals surface area contributed by atoms with Crippen molar-refractivity contribution < 1.29 is 17.9 Å². The molecule has 110 valence electrons. The van der Waals surface area contributed by atoms with Crippen LogP contribution in [0.3, 0.4) is 0 Å². The van der Waals surface area contributed by atoms with Crippen molar-refractivity contribution in [2.75, 3.05) is 26.7 Å². The SMILES string of the molecule is CNS(=O)(=O)c1cccc(C(=O)N2CCO[C@H](C)C2)c1. The molecule has 1 saturated heterocycles. The van der Waals surface area contributed by atoms with E-state index in [-0.39, 0.29) is 16.9 Å². The maximum atomic E-state index is 12.4. The van der Waals surface area contributed by atoms with Crippen molar-refractivity contribution in [3.63, 3.8) is 0 Å². The van der Waals surface area contributed by atoms with E-state index in [9.17, 15) is 13.2 Å². The lowest BCUT2D eigenvalue weighted by Gasteiger charge is -2.31. The van der Waals surface area contributed by atoms with Crippen LogP contribution < -0.4 is 4.72 Å². The number of sulfonamides is 1. The van der Waals surface area contributed by atoms with Gasteiger partial charge in [-0.25, -0.2) is 13.1 Å². The molecule has 1 aromatic carbocycles. The van der Waals surface area contributed by atoms with Crippen molar-refractivity contribution in [2.45, 2.75) is 17.9 Å². The summed E-state index contributed by atoms with van der Waals surface area (Å²) in [6, 6.07) is 6.05. The number of carbonyl (C=O) groups is 1. The van der Waals surface area contributed by atoms with Crippen LogP contribution in [-0.2, 0) is 14.8 Å². The van der Waals surface area contributed by atoms with Crippen molar-refractivity contribution in [1.29, 1.82) is 0 Å². The zero-order chi connectivity index (χ0) is 14.8. The lowest BCUT2D eigenvalue weighted by molar-refractivity contribution is -0.0124. The molecule has 0 bridgehead atoms. The van der Waals surface area contributed by atoms with Gasteiger partial charge in [0.25, 0.3) is 5.91 Å². The number of rotatable bonds is 3. The number of hydrogen-bond donors (Lipinski definition) is 1. The lowest BCUT2D eigenvalue weighted by Crippen LogP contribution is -2.44. The first-order valence-corrected chi connectivity index (χ1v) is 7.87. The summed E-state index contributed by atoms with van der Waals surface area (Å²) in [6.45, 7) is 3.44. The Balaban J connectivity index is 2.25. The summed E-state index contributed by atoms with van der Waals surface area (Å²) in [6.07, 6.45) is -0.00285. The average molecular weight is 298 g/mol. The van der Waals surface area contributed by atoms with E-state index in [1.54, 1.807) is 17.0 Å². The lowest BCUT2D eigenvalue weighted by atomic mass is 10.2. The minimum atomic E-state index is -3.54. The van der Waals surface area contributed by atoms with Crippen molar-refractivity contribution >= 4 is 15.9 Å². The highest BCUT2D eigenvalue weighted by atomic mass is 32.2. The predicted octanol–water partition coefficient (Wildman–Crippen LogP) is 0.456. The Morgan fingerprint density at radius 1 is 1.45 bits per heavy atom. The fourth-order valence-corrected chi connectivity index (χ4v) is 2.88. The molecule has 7 heteroatoms. The first-order valence-electron chi connectivity index (χ1n) is 6.38. The summed E-state index contributed by atoms with van der Waals surface area (Å²) in [5.41, 5.74) is 0.371. The molecule has 1 amide bonds. The molecule has 0 spiro atoms. The molecule has 1 atom stereocenters. The molecule has 6 nitrogen and oxygen atoms in total. The fourth-order valence-electron chi connectivity index (χ4n) is 2.10. The quantitative estimate of drug-likeness (QED) is 0.879. The summed E-state index contributed by atoms with van der Waals surface area (Å²) in [5, 5.41) is 0. The fraction of sp³-hybridized carbons (Fsp3) is 0.462. The van der Waals surface area contributed by atoms with Gasteiger partial charge in [-0.15, -0.1) is 0 Å². The van der Waals surface area contributed by atoms with Crippen molar-refractivity contribution in [2.24, 2.45) is 0 Å². The molecular weight excluding hydrogens is 280 g/mol. The van der Waals surface area contributed by atoms with Gasteiger partial charge in [0.05, 0.1) is 17.6 Å². The summed E-state index contributed by atoms with van der Waals surface area (Å²) < 4.78 is 31.1. The average Bonchev–Trinajstić information content (AvgIpc) is 2.46. The van der Waals surface area contributed by atoms with Crippen molar-refractivity contribution in [1.82, 2.24) is 9.62 Å². The second-order valence-electron chi connectivity index (χ2n) is 4.67. The largest absolute Gasteiger partial charge is 0.375 e. The van der Waals surface area contributed by atoms with Crippen LogP contribution in [0.15, 0.2) is 29.2 Å². The Morgan fingerprint density at radius 3 is 2.85 bits per heavy atom. The van der Waals surface area contributed by atoms with Crippen LogP contribution in [0.2, 0.25) is 0 Å². The highest BCUT2D eigenvalue weighted by Crippen LogP contribution is 2.15. The summed E-state index contributed by atoms with van der Waals surface area (Å²) >= 11 is 0. The zero-order valence-corrected chi connectivity index (χ0v) is 12.3. The molecule has 0 unspecified atom stereocenters. The molecule has 20 heavy (non-hydrogen) atoms. The number of nitrogens with one attached hydrogen (secondary N) is 1. The number of benzene rings is 1. The number of morpholine rings is 1. The standard InChI is InChI=1S/C13H18N2O4S/c1-10-9-15(6-7-19-10)13(16)11-4-3-5-12(8-11)20(17,18)14-2/h3-5,8,10,14H,6-7,9H2,1-2H3/t10-/m1/s1. The second kappa shape index (κ2) is 5.90. The van der Waals surface area contributed by atoms with Gasteiger partial charge in [-0.2, -0.15) is 0 Å². The van der Waals surface area contributed by atoms with E-state index < -0.39 is 10.0 Å². The third-order valence-corrected chi connectivity index (χ3v) is 4.60. The van der Waals surface area contributed by atoms with Crippen molar-refractivity contribution in [3.05, 3.63) is 29.8 Å². The minimum Gasteiger partial charge on any atom is -0.375 e. The van der Waals surface area contributed by atoms with E-state index in [2.05, 4.69) is 4.72 Å². The van der Waals surface area contributed by atoms with Crippen LogP contribution in [0.25, 0.3) is 0 Å². The number of hydrogen-bond acceptors (Lipinski definition) is 4. The van der Waals surface area contributed by atoms with Gasteiger partial charge >= 0.3 is 0 Å². The smallest absolute Gasteiger partial charge is 0.254 e. The Kier molecular flexibility index (Phi) is 4.42. The van der Waals surface area contributed by atoms with E-state index >= 15 is 0 Å². The van der Waals surface area contributed by atoms with Crippen LogP contribution in [0, 0.1) is 0 Å². The predicted molar refractivity (Wildman–Crippen MR) is 74.0 cm³/mol. The Morgan fingerprint density at radius 2 is 2.20 bits per heavy atom. The number of carbonyl (C=O) groups excluding carboxylic acids is 1. The van der Waals surface area contributed by atoms with E-state index in [1.165, 1.54) is 19.2 Å². The highest BCUT2D eigenvalue weighted by molar-refractivity contribution is 7.89. The maximum absolute atomic E-state index is 12.4. The van der Waals surface area contributed by atoms with Gasteiger partial charge in [0, 0.05) is 18.7 Å². The van der Waals surface area contributed by atoms with E-state index in [1.807, 2.05) is 6.92 Å². The summed E-state index contributed by atoms with van der Waals surface area (Å²) in [4.78, 5) is 14.1. The summed E-state index contributed by atoms with van der Waals surface area (Å²) in [5.74, 6) is -0.173. The molecule has 0 aliphatic carbocycles. The first-order chi connectivity index (χ1) is 9.44. The van der Waals surface area contributed by atoms with Gasteiger partial charge < -0.3 is 9.64 Å². The molecule has 1 aliphatic rings. The zero-order valence-electron chi connectivity index (χ0n) is 11.5. The van der Waals surface area contributed by atoms with Gasteiger partial charge in [-0.3, -0.25) is 4.79 Å². The van der Waals surface area contributed by atoms with Gasteiger partial charge in [0.2, 0.25) is 10.0 Å². The van der Waals surface area contributed by atoms with Gasteiger partial charge in [0.1, 0.15) is 0 Å². The monoisotopic (exact) mass is 298 g/mol. The molecule has 0 radical (unpaired) electrons. The topological polar surface area (TPSA) is 75.7 Å². The number of ether oxygens (including phenoxy) is 1. The van der Waals surface area contributed by atoms with Gasteiger partial charge in [-0.1, -0.05) is 6.07 Å². The van der Waals surface area contributed by atoms with E-state index in [4.69, 9.17) is 4.74 Å². The molecular formula is C13H18N2O4S. The van der Waals surface area contributed by atoms with Crippen LogP contribution in [0.1, 0.15) is 17.3 Å². The Hall–Kier alpha value is -1.44.